The summed E-state index contributed by atoms with van der Waals surface area (Å²) in [4.78, 5) is 17.2. The Hall–Kier alpha value is -0.150. The minimum absolute atomic E-state index is 0.498. The lowest BCUT2D eigenvalue weighted by Gasteiger charge is -2.27. The molecule has 0 aromatic rings. The lowest BCUT2D eigenvalue weighted by Crippen LogP contribution is -2.26. The van der Waals surface area contributed by atoms with Crippen LogP contribution in [-0.2, 0) is 9.09 Å². The first-order valence-electron chi connectivity index (χ1n) is 3.79. The molecule has 0 bridgehead atoms. The molecule has 0 aliphatic rings. The van der Waals surface area contributed by atoms with Crippen LogP contribution >= 0.6 is 7.82 Å². The highest BCUT2D eigenvalue weighted by atomic mass is 31.2. The van der Waals surface area contributed by atoms with Gasteiger partial charge in [0.25, 0.3) is 0 Å². The van der Waals surface area contributed by atoms with Crippen LogP contribution in [0.5, 0.6) is 0 Å². The largest absolute Gasteiger partial charge is 0.470 e. The maximum atomic E-state index is 10.5. The van der Waals surface area contributed by atoms with Crippen LogP contribution in [0.2, 0.25) is 0 Å². The highest BCUT2D eigenvalue weighted by molar-refractivity contribution is 7.46. The van der Waals surface area contributed by atoms with Gasteiger partial charge in [-0.15, -0.1) is 6.58 Å². The van der Waals surface area contributed by atoms with E-state index in [1.54, 1.807) is 13.8 Å². The quantitative estimate of drug-likeness (QED) is 0.517. The molecule has 4 nitrogen and oxygen atoms in total. The third-order valence-electron chi connectivity index (χ3n) is 1.87. The Morgan fingerprint density at radius 3 is 2.00 bits per heavy atom. The lowest BCUT2D eigenvalue weighted by molar-refractivity contribution is 0.0674. The molecule has 0 aromatic heterocycles. The first-order valence-corrected chi connectivity index (χ1v) is 5.32. The topological polar surface area (TPSA) is 66.8 Å². The molecule has 0 spiro atoms. The van der Waals surface area contributed by atoms with Crippen LogP contribution in [0.1, 0.15) is 26.7 Å². The predicted molar refractivity (Wildman–Crippen MR) is 46.6 cm³/mol. The zero-order valence-corrected chi connectivity index (χ0v) is 8.25. The fourth-order valence-corrected chi connectivity index (χ4v) is 1.75. The molecule has 0 saturated carbocycles. The van der Waals surface area contributed by atoms with Crippen LogP contribution in [0.4, 0.5) is 0 Å². The van der Waals surface area contributed by atoms with Crippen LogP contribution in [-0.4, -0.2) is 15.4 Å². The van der Waals surface area contributed by atoms with E-state index in [1.165, 1.54) is 6.08 Å². The van der Waals surface area contributed by atoms with Gasteiger partial charge in [-0.1, -0.05) is 19.9 Å². The zero-order valence-electron chi connectivity index (χ0n) is 7.36. The van der Waals surface area contributed by atoms with Gasteiger partial charge < -0.3 is 9.79 Å². The van der Waals surface area contributed by atoms with Crippen molar-refractivity contribution in [3.8, 4) is 0 Å². The number of hydrogen-bond donors (Lipinski definition) is 2. The van der Waals surface area contributed by atoms with Crippen LogP contribution in [0.15, 0.2) is 12.7 Å². The second kappa shape index (κ2) is 4.19. The second-order valence-corrected chi connectivity index (χ2v) is 3.72. The summed E-state index contributed by atoms with van der Waals surface area (Å²) >= 11 is 0. The molecule has 12 heavy (non-hydrogen) atoms. The summed E-state index contributed by atoms with van der Waals surface area (Å²) in [7, 11) is -4.41. The number of rotatable bonds is 5. The fourth-order valence-electron chi connectivity index (χ4n) is 0.942. The van der Waals surface area contributed by atoms with E-state index < -0.39 is 13.4 Å². The van der Waals surface area contributed by atoms with Gasteiger partial charge in [0.2, 0.25) is 0 Å². The molecule has 0 radical (unpaired) electrons. The van der Waals surface area contributed by atoms with E-state index in [0.29, 0.717) is 12.8 Å². The summed E-state index contributed by atoms with van der Waals surface area (Å²) in [6.07, 6.45) is 2.43. The standard InChI is InChI=1S/C7H15O4P/c1-4-7(5-2,6-3)11-12(8,9)10/h4H,1,5-6H2,2-3H3,(H2,8,9,10). The summed E-state index contributed by atoms with van der Waals surface area (Å²) in [5.74, 6) is 0. The molecule has 5 heteroatoms. The van der Waals surface area contributed by atoms with Crippen molar-refractivity contribution in [2.24, 2.45) is 0 Å². The van der Waals surface area contributed by atoms with Gasteiger partial charge in [0, 0.05) is 0 Å². The van der Waals surface area contributed by atoms with Crippen molar-refractivity contribution >= 4 is 7.82 Å². The maximum absolute atomic E-state index is 10.5. The van der Waals surface area contributed by atoms with Crippen molar-refractivity contribution in [2.45, 2.75) is 32.3 Å². The Kier molecular flexibility index (Phi) is 4.14. The van der Waals surface area contributed by atoms with Crippen molar-refractivity contribution < 1.29 is 18.9 Å². The van der Waals surface area contributed by atoms with Gasteiger partial charge in [0.05, 0.1) is 5.60 Å². The molecule has 0 aliphatic carbocycles. The van der Waals surface area contributed by atoms with Crippen molar-refractivity contribution in [3.05, 3.63) is 12.7 Å². The SMILES string of the molecule is C=CC(CC)(CC)OP(=O)(O)O. The van der Waals surface area contributed by atoms with E-state index in [0.717, 1.165) is 0 Å². The van der Waals surface area contributed by atoms with Crippen molar-refractivity contribution in [3.63, 3.8) is 0 Å². The van der Waals surface area contributed by atoms with E-state index in [1.807, 2.05) is 0 Å². The van der Waals surface area contributed by atoms with Gasteiger partial charge in [0.15, 0.2) is 0 Å². The minimum atomic E-state index is -4.41. The molecule has 0 rings (SSSR count). The maximum Gasteiger partial charge on any atom is 0.470 e. The second-order valence-electron chi connectivity index (χ2n) is 2.56. The molecule has 0 fully saturated rings. The fraction of sp³-hybridized carbons (Fsp3) is 0.714. The average Bonchev–Trinajstić information content (AvgIpc) is 1.99. The van der Waals surface area contributed by atoms with Crippen molar-refractivity contribution in [1.29, 1.82) is 0 Å². The smallest absolute Gasteiger partial charge is 0.303 e. The molecular weight excluding hydrogens is 179 g/mol. The first-order chi connectivity index (χ1) is 5.39. The van der Waals surface area contributed by atoms with E-state index in [-0.39, 0.29) is 0 Å². The van der Waals surface area contributed by atoms with E-state index in [2.05, 4.69) is 11.1 Å². The Morgan fingerprint density at radius 2 is 1.92 bits per heavy atom. The molecule has 0 aromatic carbocycles. The summed E-state index contributed by atoms with van der Waals surface area (Å²) in [6, 6.07) is 0. The summed E-state index contributed by atoms with van der Waals surface area (Å²) in [6.45, 7) is 7.08. The molecule has 0 saturated heterocycles. The van der Waals surface area contributed by atoms with Gasteiger partial charge in [-0.3, -0.25) is 4.52 Å². The molecule has 2 N–H and O–H groups in total. The van der Waals surface area contributed by atoms with E-state index >= 15 is 0 Å². The van der Waals surface area contributed by atoms with Gasteiger partial charge in [-0.2, -0.15) is 0 Å². The van der Waals surface area contributed by atoms with Gasteiger partial charge >= 0.3 is 7.82 Å². The summed E-state index contributed by atoms with van der Waals surface area (Å²) in [5, 5.41) is 0. The molecular formula is C7H15O4P. The molecule has 0 atom stereocenters. The van der Waals surface area contributed by atoms with Gasteiger partial charge in [-0.25, -0.2) is 4.57 Å². The zero-order chi connectivity index (χ0) is 9.83. The highest BCUT2D eigenvalue weighted by Crippen LogP contribution is 2.44. The van der Waals surface area contributed by atoms with Crippen LogP contribution in [0.3, 0.4) is 0 Å². The third-order valence-corrected chi connectivity index (χ3v) is 2.47. The molecule has 0 aliphatic heterocycles. The Labute approximate surface area is 72.5 Å². The Morgan fingerprint density at radius 1 is 1.50 bits per heavy atom. The lowest BCUT2D eigenvalue weighted by atomic mass is 9.98. The van der Waals surface area contributed by atoms with Crippen LogP contribution < -0.4 is 0 Å². The van der Waals surface area contributed by atoms with Gasteiger partial charge in [-0.05, 0) is 12.8 Å². The summed E-state index contributed by atoms with van der Waals surface area (Å²) < 4.78 is 15.2. The summed E-state index contributed by atoms with van der Waals surface area (Å²) in [5.41, 5.74) is -0.890. The van der Waals surface area contributed by atoms with Crippen molar-refractivity contribution in [2.75, 3.05) is 0 Å². The van der Waals surface area contributed by atoms with Crippen LogP contribution in [0.25, 0.3) is 0 Å². The first kappa shape index (κ1) is 11.8. The minimum Gasteiger partial charge on any atom is -0.303 e. The van der Waals surface area contributed by atoms with E-state index in [9.17, 15) is 4.57 Å². The molecule has 0 amide bonds. The van der Waals surface area contributed by atoms with Crippen molar-refractivity contribution in [1.82, 2.24) is 0 Å². The molecule has 0 unspecified atom stereocenters. The average molecular weight is 194 g/mol. The third kappa shape index (κ3) is 3.50. The van der Waals surface area contributed by atoms with Gasteiger partial charge in [0.1, 0.15) is 0 Å². The Bertz CT molecular complexity index is 192. The normalized spacial score (nSPS) is 13.0. The van der Waals surface area contributed by atoms with Crippen LogP contribution in [0, 0.1) is 0 Å². The highest BCUT2D eigenvalue weighted by Gasteiger charge is 2.31. The number of hydrogen-bond acceptors (Lipinski definition) is 2. The molecule has 0 heterocycles. The number of phosphoric acid groups is 1. The monoisotopic (exact) mass is 194 g/mol. The van der Waals surface area contributed by atoms with E-state index in [4.69, 9.17) is 9.79 Å². The predicted octanol–water partition coefficient (Wildman–Crippen LogP) is 1.84. The Balaban J connectivity index is 4.52. The molecule has 72 valence electrons. The number of phosphoric ester groups is 1.